The third kappa shape index (κ3) is 1.71. The molecule has 3 N–H and O–H groups in total. The molecule has 0 saturated heterocycles. The van der Waals surface area contributed by atoms with Crippen molar-refractivity contribution in [2.45, 2.75) is 50.2 Å². The van der Waals surface area contributed by atoms with Crippen molar-refractivity contribution in [3.8, 4) is 0 Å². The van der Waals surface area contributed by atoms with Gasteiger partial charge in [0.05, 0.1) is 5.60 Å². The molecule has 2 aliphatic rings. The number of hydrogen-bond acceptors (Lipinski definition) is 2. The van der Waals surface area contributed by atoms with Crippen LogP contribution in [0.15, 0.2) is 24.3 Å². The zero-order valence-corrected chi connectivity index (χ0v) is 10.2. The van der Waals surface area contributed by atoms with Crippen molar-refractivity contribution in [3.63, 3.8) is 0 Å². The molecule has 3 rings (SSSR count). The summed E-state index contributed by atoms with van der Waals surface area (Å²) in [5.74, 6) is 0.408. The summed E-state index contributed by atoms with van der Waals surface area (Å²) in [6.45, 7) is 0. The fourth-order valence-corrected chi connectivity index (χ4v) is 3.74. The van der Waals surface area contributed by atoms with Crippen molar-refractivity contribution in [1.29, 1.82) is 0 Å². The first-order valence-corrected chi connectivity index (χ1v) is 6.79. The molecule has 2 aliphatic carbocycles. The Morgan fingerprint density at radius 2 is 1.82 bits per heavy atom. The second kappa shape index (κ2) is 4.11. The Balaban J connectivity index is 1.98. The monoisotopic (exact) mass is 231 g/mol. The molecule has 0 radical (unpaired) electrons. The van der Waals surface area contributed by atoms with Gasteiger partial charge in [-0.05, 0) is 36.3 Å². The van der Waals surface area contributed by atoms with E-state index in [1.165, 1.54) is 19.3 Å². The molecule has 0 aliphatic heterocycles. The lowest BCUT2D eigenvalue weighted by atomic mass is 9.74. The average molecular weight is 231 g/mol. The van der Waals surface area contributed by atoms with Gasteiger partial charge in [-0.15, -0.1) is 0 Å². The largest absolute Gasteiger partial charge is 0.385 e. The number of fused-ring (bicyclic) bond motifs is 1. The van der Waals surface area contributed by atoms with Gasteiger partial charge < -0.3 is 10.8 Å². The lowest BCUT2D eigenvalue weighted by Gasteiger charge is -2.36. The quantitative estimate of drug-likeness (QED) is 0.780. The molecule has 92 valence electrons. The van der Waals surface area contributed by atoms with Crippen molar-refractivity contribution in [3.05, 3.63) is 35.4 Å². The highest BCUT2D eigenvalue weighted by Gasteiger charge is 2.46. The van der Waals surface area contributed by atoms with Gasteiger partial charge in [-0.2, -0.15) is 0 Å². The number of hydrogen-bond donors (Lipinski definition) is 2. The maximum atomic E-state index is 11.1. The van der Waals surface area contributed by atoms with E-state index in [1.807, 2.05) is 12.1 Å². The maximum absolute atomic E-state index is 11.1. The molecule has 0 heterocycles. The lowest BCUT2D eigenvalue weighted by molar-refractivity contribution is -0.0405. The smallest absolute Gasteiger partial charge is 0.0945 e. The summed E-state index contributed by atoms with van der Waals surface area (Å²) in [5, 5.41) is 11.1. The first kappa shape index (κ1) is 11.2. The minimum atomic E-state index is -0.656. The van der Waals surface area contributed by atoms with Crippen LogP contribution in [0, 0.1) is 5.92 Å². The fourth-order valence-electron chi connectivity index (χ4n) is 3.74. The zero-order chi connectivity index (χ0) is 11.9. The van der Waals surface area contributed by atoms with Crippen LogP contribution >= 0.6 is 0 Å². The van der Waals surface area contributed by atoms with E-state index in [2.05, 4.69) is 12.1 Å². The molecular formula is C15H21NO. The molecule has 2 unspecified atom stereocenters. The molecule has 0 aromatic heterocycles. The molecule has 0 spiro atoms. The van der Waals surface area contributed by atoms with Crippen LogP contribution in [0.4, 0.5) is 0 Å². The Hall–Kier alpha value is -0.860. The van der Waals surface area contributed by atoms with Gasteiger partial charge in [0.1, 0.15) is 0 Å². The van der Waals surface area contributed by atoms with Crippen LogP contribution in [-0.4, -0.2) is 5.11 Å². The molecule has 2 atom stereocenters. The van der Waals surface area contributed by atoms with Gasteiger partial charge in [0.25, 0.3) is 0 Å². The highest BCUT2D eigenvalue weighted by atomic mass is 16.3. The number of nitrogens with two attached hydrogens (primary N) is 1. The third-order valence-electron chi connectivity index (χ3n) is 4.64. The predicted octanol–water partition coefficient (Wildman–Crippen LogP) is 2.86. The van der Waals surface area contributed by atoms with Crippen molar-refractivity contribution in [2.24, 2.45) is 11.7 Å². The molecular weight excluding hydrogens is 210 g/mol. The summed E-state index contributed by atoms with van der Waals surface area (Å²) < 4.78 is 0. The highest BCUT2D eigenvalue weighted by molar-refractivity contribution is 5.40. The van der Waals surface area contributed by atoms with Crippen LogP contribution in [0.2, 0.25) is 0 Å². The van der Waals surface area contributed by atoms with E-state index in [0.717, 1.165) is 24.0 Å². The van der Waals surface area contributed by atoms with Gasteiger partial charge in [0.2, 0.25) is 0 Å². The van der Waals surface area contributed by atoms with Crippen LogP contribution in [0.25, 0.3) is 0 Å². The molecule has 1 saturated carbocycles. The summed E-state index contributed by atoms with van der Waals surface area (Å²) >= 11 is 0. The van der Waals surface area contributed by atoms with Gasteiger partial charge in [-0.1, -0.05) is 43.5 Å². The van der Waals surface area contributed by atoms with E-state index in [-0.39, 0.29) is 6.04 Å². The summed E-state index contributed by atoms with van der Waals surface area (Å²) in [5.41, 5.74) is 7.76. The molecule has 0 bridgehead atoms. The summed E-state index contributed by atoms with van der Waals surface area (Å²) in [6.07, 6.45) is 6.83. The van der Waals surface area contributed by atoms with Crippen molar-refractivity contribution >= 4 is 0 Å². The summed E-state index contributed by atoms with van der Waals surface area (Å²) in [4.78, 5) is 0. The Kier molecular flexibility index (Phi) is 2.72. The zero-order valence-electron chi connectivity index (χ0n) is 10.2. The minimum Gasteiger partial charge on any atom is -0.385 e. The Morgan fingerprint density at radius 1 is 1.12 bits per heavy atom. The van der Waals surface area contributed by atoms with Gasteiger partial charge in [0, 0.05) is 6.04 Å². The third-order valence-corrected chi connectivity index (χ3v) is 4.64. The second-order valence-electron chi connectivity index (χ2n) is 5.66. The Bertz CT molecular complexity index is 411. The Labute approximate surface area is 103 Å². The number of benzene rings is 1. The molecule has 2 nitrogen and oxygen atoms in total. The van der Waals surface area contributed by atoms with Crippen LogP contribution in [-0.2, 0) is 5.60 Å². The van der Waals surface area contributed by atoms with Crippen LogP contribution < -0.4 is 5.73 Å². The second-order valence-corrected chi connectivity index (χ2v) is 5.66. The van der Waals surface area contributed by atoms with Crippen molar-refractivity contribution < 1.29 is 5.11 Å². The first-order valence-electron chi connectivity index (χ1n) is 6.79. The van der Waals surface area contributed by atoms with E-state index >= 15 is 0 Å². The standard InChI is InChI=1S/C15H21NO/c16-14-10-15(17,11-6-2-1-3-7-11)13-9-5-4-8-12(13)14/h4-5,8-9,11,14,17H,1-3,6-7,10,16H2. The number of aliphatic hydroxyl groups is 1. The van der Waals surface area contributed by atoms with Gasteiger partial charge in [0.15, 0.2) is 0 Å². The SMILES string of the molecule is NC1CC(O)(C2CCCCC2)c2ccccc21. The van der Waals surface area contributed by atoms with E-state index in [4.69, 9.17) is 5.73 Å². The van der Waals surface area contributed by atoms with E-state index in [1.54, 1.807) is 0 Å². The fraction of sp³-hybridized carbons (Fsp3) is 0.600. The summed E-state index contributed by atoms with van der Waals surface area (Å²) in [7, 11) is 0. The molecule has 1 aromatic rings. The molecule has 1 aromatic carbocycles. The normalized spacial score (nSPS) is 33.6. The van der Waals surface area contributed by atoms with Crippen LogP contribution in [0.3, 0.4) is 0 Å². The molecule has 1 fully saturated rings. The highest BCUT2D eigenvalue weighted by Crippen LogP contribution is 2.50. The van der Waals surface area contributed by atoms with Crippen LogP contribution in [0.1, 0.15) is 55.7 Å². The average Bonchev–Trinajstić information content (AvgIpc) is 2.65. The molecule has 17 heavy (non-hydrogen) atoms. The topological polar surface area (TPSA) is 46.2 Å². The minimum absolute atomic E-state index is 0.0122. The van der Waals surface area contributed by atoms with Crippen molar-refractivity contribution in [2.75, 3.05) is 0 Å². The van der Waals surface area contributed by atoms with Crippen LogP contribution in [0.5, 0.6) is 0 Å². The van der Waals surface area contributed by atoms with Gasteiger partial charge in [-0.25, -0.2) is 0 Å². The van der Waals surface area contributed by atoms with E-state index in [0.29, 0.717) is 12.3 Å². The predicted molar refractivity (Wildman–Crippen MR) is 68.5 cm³/mol. The first-order chi connectivity index (χ1) is 8.22. The Morgan fingerprint density at radius 3 is 2.59 bits per heavy atom. The van der Waals surface area contributed by atoms with E-state index < -0.39 is 5.60 Å². The molecule has 2 heteroatoms. The van der Waals surface area contributed by atoms with Gasteiger partial charge >= 0.3 is 0 Å². The lowest BCUT2D eigenvalue weighted by Crippen LogP contribution is -2.34. The van der Waals surface area contributed by atoms with Gasteiger partial charge in [-0.3, -0.25) is 0 Å². The summed E-state index contributed by atoms with van der Waals surface area (Å²) in [6, 6.07) is 8.19. The van der Waals surface area contributed by atoms with E-state index in [9.17, 15) is 5.11 Å². The maximum Gasteiger partial charge on any atom is 0.0945 e. The molecule has 0 amide bonds. The van der Waals surface area contributed by atoms with Crippen molar-refractivity contribution in [1.82, 2.24) is 0 Å². The number of rotatable bonds is 1.